The Hall–Kier alpha value is -1.09. The zero-order valence-corrected chi connectivity index (χ0v) is 16.2. The van der Waals surface area contributed by atoms with Crippen molar-refractivity contribution in [1.82, 2.24) is 4.90 Å². The summed E-state index contributed by atoms with van der Waals surface area (Å²) < 4.78 is 35.4. The molecule has 1 aromatic carbocycles. The second-order valence-corrected chi connectivity index (χ2v) is 8.60. The van der Waals surface area contributed by atoms with E-state index in [1.807, 2.05) is 4.90 Å². The number of sulfone groups is 1. The molecule has 0 saturated carbocycles. The third-order valence-corrected chi connectivity index (χ3v) is 5.24. The van der Waals surface area contributed by atoms with E-state index in [2.05, 4.69) is 0 Å². The van der Waals surface area contributed by atoms with Crippen molar-refractivity contribution in [3.8, 4) is 0 Å². The lowest BCUT2D eigenvalue weighted by molar-refractivity contribution is -0.132. The molecule has 1 unspecified atom stereocenters. The van der Waals surface area contributed by atoms with Crippen LogP contribution in [0.15, 0.2) is 18.2 Å². The molecule has 1 aliphatic heterocycles. The Balaban J connectivity index is 0.00000312. The number of nitrogens with zero attached hydrogens (tertiary/aromatic N) is 2. The van der Waals surface area contributed by atoms with Gasteiger partial charge in [-0.1, -0.05) is 11.6 Å². The van der Waals surface area contributed by atoms with Crippen LogP contribution in [0.25, 0.3) is 0 Å². The van der Waals surface area contributed by atoms with E-state index >= 15 is 0 Å². The fraction of sp³-hybridized carbons (Fsp3) is 0.533. The zero-order chi connectivity index (χ0) is 17.9. The van der Waals surface area contributed by atoms with Crippen molar-refractivity contribution in [3.05, 3.63) is 29.0 Å². The highest BCUT2D eigenvalue weighted by molar-refractivity contribution is 7.90. The second kappa shape index (κ2) is 9.02. The van der Waals surface area contributed by atoms with Gasteiger partial charge >= 0.3 is 0 Å². The molecule has 142 valence electrons. The molecule has 2 rings (SSSR count). The first-order valence-corrected chi connectivity index (χ1v) is 10.0. The molecule has 1 aromatic rings. The lowest BCUT2D eigenvalue weighted by Gasteiger charge is -2.37. The number of hydrogen-bond acceptors (Lipinski definition) is 5. The highest BCUT2D eigenvalue weighted by Gasteiger charge is 2.26. The van der Waals surface area contributed by atoms with Crippen molar-refractivity contribution in [3.63, 3.8) is 0 Å². The molecule has 25 heavy (non-hydrogen) atoms. The average Bonchev–Trinajstić information content (AvgIpc) is 2.51. The molecule has 1 aliphatic rings. The van der Waals surface area contributed by atoms with Crippen LogP contribution in [0.4, 0.5) is 10.1 Å². The predicted molar refractivity (Wildman–Crippen MR) is 99.8 cm³/mol. The Bertz CT molecular complexity index is 710. The standard InChI is InChI=1S/C15H21ClFN3O3S.ClH/c1-24(22,23)9-4-13(18)15(21)20-7-5-19(6-8-20)14-3-2-11(17)10-12(14)16;/h2-3,10,13H,4-9,18H2,1H3;1H. The number of carbonyl (C=O) groups is 1. The lowest BCUT2D eigenvalue weighted by Crippen LogP contribution is -2.53. The molecule has 1 amide bonds. The summed E-state index contributed by atoms with van der Waals surface area (Å²) in [6.07, 6.45) is 1.23. The van der Waals surface area contributed by atoms with Gasteiger partial charge in [-0.25, -0.2) is 12.8 Å². The minimum atomic E-state index is -3.14. The first kappa shape index (κ1) is 22.0. The van der Waals surface area contributed by atoms with Crippen LogP contribution in [0.3, 0.4) is 0 Å². The predicted octanol–water partition coefficient (Wildman–Crippen LogP) is 1.31. The Kier molecular flexibility index (Phi) is 7.92. The topological polar surface area (TPSA) is 83.7 Å². The molecule has 0 spiro atoms. The van der Waals surface area contributed by atoms with Crippen molar-refractivity contribution >= 4 is 45.4 Å². The zero-order valence-electron chi connectivity index (χ0n) is 13.8. The van der Waals surface area contributed by atoms with E-state index in [1.54, 1.807) is 11.0 Å². The van der Waals surface area contributed by atoms with Crippen molar-refractivity contribution in [2.24, 2.45) is 5.73 Å². The fourth-order valence-corrected chi connectivity index (χ4v) is 3.57. The molecule has 1 saturated heterocycles. The van der Waals surface area contributed by atoms with Gasteiger partial charge in [0.05, 0.1) is 22.5 Å². The molecule has 0 aliphatic carbocycles. The fourth-order valence-electron chi connectivity index (χ4n) is 2.60. The number of hydrogen-bond donors (Lipinski definition) is 1. The van der Waals surface area contributed by atoms with Crippen molar-refractivity contribution in [2.75, 3.05) is 43.1 Å². The van der Waals surface area contributed by atoms with Crippen LogP contribution in [-0.2, 0) is 14.6 Å². The third kappa shape index (κ3) is 6.29. The lowest BCUT2D eigenvalue weighted by atomic mass is 10.2. The minimum absolute atomic E-state index is 0. The molecule has 6 nitrogen and oxygen atoms in total. The smallest absolute Gasteiger partial charge is 0.239 e. The van der Waals surface area contributed by atoms with Crippen LogP contribution in [0.2, 0.25) is 5.02 Å². The van der Waals surface area contributed by atoms with Gasteiger partial charge in [-0.05, 0) is 24.6 Å². The molecule has 1 heterocycles. The summed E-state index contributed by atoms with van der Waals surface area (Å²) in [5, 5.41) is 0.333. The van der Waals surface area contributed by atoms with E-state index in [1.165, 1.54) is 12.1 Å². The number of halogens is 3. The maximum atomic E-state index is 13.1. The van der Waals surface area contributed by atoms with Gasteiger partial charge in [-0.3, -0.25) is 4.79 Å². The van der Waals surface area contributed by atoms with Crippen LogP contribution >= 0.6 is 24.0 Å². The Morgan fingerprint density at radius 2 is 1.92 bits per heavy atom. The first-order valence-electron chi connectivity index (χ1n) is 7.59. The Labute approximate surface area is 158 Å². The van der Waals surface area contributed by atoms with Gasteiger partial charge in [0.15, 0.2) is 0 Å². The van der Waals surface area contributed by atoms with E-state index < -0.39 is 21.7 Å². The number of amides is 1. The molecular formula is C15H22Cl2FN3O3S. The van der Waals surface area contributed by atoms with Crippen molar-refractivity contribution in [2.45, 2.75) is 12.5 Å². The monoisotopic (exact) mass is 413 g/mol. The van der Waals surface area contributed by atoms with Gasteiger partial charge in [0.1, 0.15) is 15.7 Å². The van der Waals surface area contributed by atoms with Gasteiger partial charge in [-0.15, -0.1) is 12.4 Å². The van der Waals surface area contributed by atoms with Gasteiger partial charge < -0.3 is 15.5 Å². The molecule has 0 radical (unpaired) electrons. The van der Waals surface area contributed by atoms with Crippen LogP contribution in [0.5, 0.6) is 0 Å². The normalized spacial score (nSPS) is 16.3. The van der Waals surface area contributed by atoms with Crippen molar-refractivity contribution < 1.29 is 17.6 Å². The molecule has 2 N–H and O–H groups in total. The molecule has 1 fully saturated rings. The van der Waals surface area contributed by atoms with E-state index in [9.17, 15) is 17.6 Å². The highest BCUT2D eigenvalue weighted by atomic mass is 35.5. The number of rotatable bonds is 5. The minimum Gasteiger partial charge on any atom is -0.367 e. The van der Waals surface area contributed by atoms with E-state index in [-0.39, 0.29) is 30.5 Å². The van der Waals surface area contributed by atoms with Crippen LogP contribution in [-0.4, -0.2) is 63.5 Å². The molecule has 1 atom stereocenters. The maximum absolute atomic E-state index is 13.1. The van der Waals surface area contributed by atoms with Gasteiger partial charge in [0.25, 0.3) is 0 Å². The summed E-state index contributed by atoms with van der Waals surface area (Å²) in [7, 11) is -3.14. The van der Waals surface area contributed by atoms with Crippen LogP contribution < -0.4 is 10.6 Å². The maximum Gasteiger partial charge on any atom is 0.239 e. The molecular weight excluding hydrogens is 392 g/mol. The summed E-state index contributed by atoms with van der Waals surface area (Å²) in [6.45, 7) is 2.02. The number of anilines is 1. The summed E-state index contributed by atoms with van der Waals surface area (Å²) >= 11 is 6.06. The largest absolute Gasteiger partial charge is 0.367 e. The van der Waals surface area contributed by atoms with Gasteiger partial charge in [0, 0.05) is 32.4 Å². The second-order valence-electron chi connectivity index (χ2n) is 5.93. The number of piperazine rings is 1. The number of benzene rings is 1. The highest BCUT2D eigenvalue weighted by Crippen LogP contribution is 2.27. The van der Waals surface area contributed by atoms with Crippen LogP contribution in [0, 0.1) is 5.82 Å². The van der Waals surface area contributed by atoms with E-state index in [0.717, 1.165) is 11.9 Å². The van der Waals surface area contributed by atoms with Gasteiger partial charge in [0.2, 0.25) is 5.91 Å². The quantitative estimate of drug-likeness (QED) is 0.786. The third-order valence-electron chi connectivity index (χ3n) is 3.96. The SMILES string of the molecule is CS(=O)(=O)CCC(N)C(=O)N1CCN(c2ccc(F)cc2Cl)CC1.Cl. The van der Waals surface area contributed by atoms with E-state index in [0.29, 0.717) is 31.2 Å². The number of carbonyl (C=O) groups excluding carboxylic acids is 1. The average molecular weight is 414 g/mol. The Morgan fingerprint density at radius 3 is 2.44 bits per heavy atom. The summed E-state index contributed by atoms with van der Waals surface area (Å²) in [5.41, 5.74) is 6.54. The molecule has 0 bridgehead atoms. The molecule has 0 aromatic heterocycles. The van der Waals surface area contributed by atoms with Crippen LogP contribution in [0.1, 0.15) is 6.42 Å². The first-order chi connectivity index (χ1) is 11.2. The summed E-state index contributed by atoms with van der Waals surface area (Å²) in [5.74, 6) is -0.747. The summed E-state index contributed by atoms with van der Waals surface area (Å²) in [4.78, 5) is 15.9. The summed E-state index contributed by atoms with van der Waals surface area (Å²) in [6, 6.07) is 3.41. The molecule has 10 heteroatoms. The van der Waals surface area contributed by atoms with Crippen molar-refractivity contribution in [1.29, 1.82) is 0 Å². The van der Waals surface area contributed by atoms with Gasteiger partial charge in [-0.2, -0.15) is 0 Å². The Morgan fingerprint density at radius 1 is 1.32 bits per heavy atom. The van der Waals surface area contributed by atoms with E-state index in [4.69, 9.17) is 17.3 Å². The number of nitrogens with two attached hydrogens (primary N) is 1.